The summed E-state index contributed by atoms with van der Waals surface area (Å²) in [6.07, 6.45) is 2.24. The number of aryl methyl sites for hydroxylation is 4. The molecule has 0 spiro atoms. The monoisotopic (exact) mass is 276 g/mol. The minimum Gasteiger partial charge on any atom is -0.297 e. The fourth-order valence-electron chi connectivity index (χ4n) is 1.87. The molecule has 3 heterocycles. The molecule has 0 aliphatic heterocycles. The van der Waals surface area contributed by atoms with Crippen molar-refractivity contribution in [3.05, 3.63) is 32.8 Å². The number of thiazole rings is 1. The molecule has 0 aromatic carbocycles. The topological polar surface area (TPSA) is 78.5 Å². The van der Waals surface area contributed by atoms with Gasteiger partial charge in [0.1, 0.15) is 6.33 Å². The van der Waals surface area contributed by atoms with E-state index in [0.29, 0.717) is 24.1 Å². The van der Waals surface area contributed by atoms with Crippen LogP contribution in [0, 0.1) is 6.92 Å². The van der Waals surface area contributed by atoms with Crippen molar-refractivity contribution in [3.8, 4) is 0 Å². The first-order chi connectivity index (χ1) is 9.15. The highest BCUT2D eigenvalue weighted by Crippen LogP contribution is 2.09. The molecule has 3 aromatic heterocycles. The smallest absolute Gasteiger partial charge is 0.283 e. The lowest BCUT2D eigenvalue weighted by molar-refractivity contribution is 0.653. The van der Waals surface area contributed by atoms with Crippen LogP contribution < -0.4 is 5.56 Å². The van der Waals surface area contributed by atoms with E-state index in [9.17, 15) is 4.79 Å². The molecule has 0 saturated carbocycles. The first kappa shape index (κ1) is 12.0. The number of hydrogen-bond acceptors (Lipinski definition) is 6. The molecule has 8 heteroatoms. The van der Waals surface area contributed by atoms with Gasteiger partial charge in [0.15, 0.2) is 11.2 Å². The van der Waals surface area contributed by atoms with Gasteiger partial charge in [0.25, 0.3) is 5.56 Å². The Morgan fingerprint density at radius 1 is 1.42 bits per heavy atom. The lowest BCUT2D eigenvalue weighted by atomic mass is 10.3. The van der Waals surface area contributed by atoms with E-state index in [4.69, 9.17) is 0 Å². The second-order valence-electron chi connectivity index (χ2n) is 4.24. The zero-order chi connectivity index (χ0) is 13.4. The minimum absolute atomic E-state index is 0.162. The van der Waals surface area contributed by atoms with E-state index < -0.39 is 0 Å². The number of nitrogens with zero attached hydrogens (tertiary/aromatic N) is 6. The number of aromatic nitrogens is 6. The summed E-state index contributed by atoms with van der Waals surface area (Å²) >= 11 is 1.61. The molecule has 0 bridgehead atoms. The van der Waals surface area contributed by atoms with Crippen molar-refractivity contribution >= 4 is 22.5 Å². The van der Waals surface area contributed by atoms with Gasteiger partial charge in [0.2, 0.25) is 0 Å². The van der Waals surface area contributed by atoms with Gasteiger partial charge < -0.3 is 0 Å². The average Bonchev–Trinajstić information content (AvgIpc) is 2.96. The lowest BCUT2D eigenvalue weighted by Gasteiger charge is -2.02. The van der Waals surface area contributed by atoms with Crippen molar-refractivity contribution in [1.29, 1.82) is 0 Å². The van der Waals surface area contributed by atoms with E-state index in [2.05, 4.69) is 20.3 Å². The van der Waals surface area contributed by atoms with E-state index in [1.807, 2.05) is 12.3 Å². The summed E-state index contributed by atoms with van der Waals surface area (Å²) in [4.78, 5) is 20.7. The van der Waals surface area contributed by atoms with Crippen LogP contribution in [0.3, 0.4) is 0 Å². The quantitative estimate of drug-likeness (QED) is 0.697. The van der Waals surface area contributed by atoms with Gasteiger partial charge in [-0.15, -0.1) is 16.4 Å². The summed E-state index contributed by atoms with van der Waals surface area (Å²) in [6.45, 7) is 2.51. The first-order valence-corrected chi connectivity index (χ1v) is 6.69. The van der Waals surface area contributed by atoms with Crippen molar-refractivity contribution in [3.63, 3.8) is 0 Å². The number of hydrogen-bond donors (Lipinski definition) is 0. The SMILES string of the molecule is Cc1nc(CCn2cnc3c(nnn3C)c2=O)cs1. The van der Waals surface area contributed by atoms with Crippen LogP contribution >= 0.6 is 11.3 Å². The molecule has 0 aliphatic rings. The van der Waals surface area contributed by atoms with Crippen LogP contribution in [0.4, 0.5) is 0 Å². The molecule has 19 heavy (non-hydrogen) atoms. The maximum Gasteiger partial charge on any atom is 0.283 e. The van der Waals surface area contributed by atoms with Gasteiger partial charge in [-0.25, -0.2) is 14.6 Å². The molecule has 0 unspecified atom stereocenters. The second-order valence-corrected chi connectivity index (χ2v) is 5.30. The summed E-state index contributed by atoms with van der Waals surface area (Å²) in [5, 5.41) is 10.7. The van der Waals surface area contributed by atoms with Crippen LogP contribution in [0.15, 0.2) is 16.5 Å². The van der Waals surface area contributed by atoms with Gasteiger partial charge in [-0.05, 0) is 6.92 Å². The largest absolute Gasteiger partial charge is 0.297 e. The molecular formula is C11H12N6OS. The predicted molar refractivity (Wildman–Crippen MR) is 71.1 cm³/mol. The Kier molecular flexibility index (Phi) is 2.86. The average molecular weight is 276 g/mol. The molecule has 3 rings (SSSR count). The van der Waals surface area contributed by atoms with Crippen molar-refractivity contribution in [1.82, 2.24) is 29.5 Å². The molecule has 3 aromatic rings. The van der Waals surface area contributed by atoms with Gasteiger partial charge in [0, 0.05) is 25.4 Å². The van der Waals surface area contributed by atoms with Crippen LogP contribution in [0.25, 0.3) is 11.2 Å². The van der Waals surface area contributed by atoms with E-state index in [1.165, 1.54) is 11.0 Å². The molecule has 0 amide bonds. The maximum absolute atomic E-state index is 12.2. The Labute approximate surface area is 112 Å². The third-order valence-corrected chi connectivity index (χ3v) is 3.68. The molecule has 0 saturated heterocycles. The molecule has 0 aliphatic carbocycles. The summed E-state index contributed by atoms with van der Waals surface area (Å²) in [7, 11) is 1.71. The Morgan fingerprint density at radius 2 is 2.26 bits per heavy atom. The maximum atomic E-state index is 12.2. The van der Waals surface area contributed by atoms with Crippen LogP contribution in [0.2, 0.25) is 0 Å². The van der Waals surface area contributed by atoms with Gasteiger partial charge >= 0.3 is 0 Å². The summed E-state index contributed by atoms with van der Waals surface area (Å²) < 4.78 is 3.04. The molecular weight excluding hydrogens is 264 g/mol. The Bertz CT molecular complexity index is 786. The van der Waals surface area contributed by atoms with Gasteiger partial charge in [-0.1, -0.05) is 5.21 Å². The molecule has 98 valence electrons. The number of rotatable bonds is 3. The highest BCUT2D eigenvalue weighted by Gasteiger charge is 2.10. The zero-order valence-electron chi connectivity index (χ0n) is 10.6. The van der Waals surface area contributed by atoms with Gasteiger partial charge in [-0.2, -0.15) is 0 Å². The summed E-state index contributed by atoms with van der Waals surface area (Å²) in [5.41, 5.74) is 1.64. The van der Waals surface area contributed by atoms with Crippen molar-refractivity contribution in [2.75, 3.05) is 0 Å². The Morgan fingerprint density at radius 3 is 3.00 bits per heavy atom. The van der Waals surface area contributed by atoms with E-state index >= 15 is 0 Å². The van der Waals surface area contributed by atoms with E-state index in [-0.39, 0.29) is 5.56 Å². The normalized spacial score (nSPS) is 11.3. The predicted octanol–water partition coefficient (Wildman–Crippen LogP) is 0.533. The fraction of sp³-hybridized carbons (Fsp3) is 0.364. The molecule has 0 atom stereocenters. The summed E-state index contributed by atoms with van der Waals surface area (Å²) in [5.74, 6) is 0. The standard InChI is InChI=1S/C11H12N6OS/c1-7-13-8(5-19-7)3-4-17-6-12-10-9(11(17)18)14-15-16(10)2/h5-6H,3-4H2,1-2H3. The van der Waals surface area contributed by atoms with Gasteiger partial charge in [-0.3, -0.25) is 9.36 Å². The zero-order valence-corrected chi connectivity index (χ0v) is 11.4. The molecule has 0 fully saturated rings. The van der Waals surface area contributed by atoms with Crippen LogP contribution in [0.5, 0.6) is 0 Å². The van der Waals surface area contributed by atoms with Crippen molar-refractivity contribution in [2.45, 2.75) is 19.9 Å². The Hall–Kier alpha value is -2.09. The van der Waals surface area contributed by atoms with Crippen LogP contribution in [0.1, 0.15) is 10.7 Å². The van der Waals surface area contributed by atoms with Crippen LogP contribution in [-0.4, -0.2) is 29.5 Å². The lowest BCUT2D eigenvalue weighted by Crippen LogP contribution is -2.22. The number of fused-ring (bicyclic) bond motifs is 1. The fourth-order valence-corrected chi connectivity index (χ4v) is 2.51. The third kappa shape index (κ3) is 2.14. The van der Waals surface area contributed by atoms with Gasteiger partial charge in [0.05, 0.1) is 10.7 Å². The summed E-state index contributed by atoms with van der Waals surface area (Å²) in [6, 6.07) is 0. The molecule has 0 radical (unpaired) electrons. The van der Waals surface area contributed by atoms with E-state index in [1.54, 1.807) is 23.0 Å². The second kappa shape index (κ2) is 4.54. The van der Waals surface area contributed by atoms with Crippen molar-refractivity contribution in [2.24, 2.45) is 7.05 Å². The first-order valence-electron chi connectivity index (χ1n) is 5.81. The van der Waals surface area contributed by atoms with Crippen LogP contribution in [-0.2, 0) is 20.0 Å². The molecule has 7 nitrogen and oxygen atoms in total. The molecule has 0 N–H and O–H groups in total. The van der Waals surface area contributed by atoms with Crippen molar-refractivity contribution < 1.29 is 0 Å². The minimum atomic E-state index is -0.162. The third-order valence-electron chi connectivity index (χ3n) is 2.86. The highest BCUT2D eigenvalue weighted by molar-refractivity contribution is 7.09. The Balaban J connectivity index is 1.89. The highest BCUT2D eigenvalue weighted by atomic mass is 32.1. The van der Waals surface area contributed by atoms with E-state index in [0.717, 1.165) is 10.7 Å².